The standard InChI is InChI=1S/C17H17N3O2/c1-12-3-5-13(6-4-12)17-20-19-16(22-17)11-18-14-7-9-15(21-2)10-8-14/h3-10,18H,11H2,1-2H3. The molecule has 0 radical (unpaired) electrons. The van der Waals surface area contributed by atoms with Gasteiger partial charge in [0.1, 0.15) is 5.75 Å². The van der Waals surface area contributed by atoms with Gasteiger partial charge in [-0.05, 0) is 43.3 Å². The van der Waals surface area contributed by atoms with Gasteiger partial charge in [0, 0.05) is 11.3 Å². The maximum absolute atomic E-state index is 5.67. The Balaban J connectivity index is 1.65. The first-order valence-corrected chi connectivity index (χ1v) is 7.02. The van der Waals surface area contributed by atoms with E-state index in [-0.39, 0.29) is 0 Å². The van der Waals surface area contributed by atoms with E-state index in [1.54, 1.807) is 7.11 Å². The van der Waals surface area contributed by atoms with Crippen molar-refractivity contribution in [1.29, 1.82) is 0 Å². The summed E-state index contributed by atoms with van der Waals surface area (Å²) in [5.74, 6) is 1.91. The van der Waals surface area contributed by atoms with Crippen LogP contribution in [-0.4, -0.2) is 17.3 Å². The normalized spacial score (nSPS) is 10.5. The molecule has 3 rings (SSSR count). The highest BCUT2D eigenvalue weighted by molar-refractivity contribution is 5.53. The van der Waals surface area contributed by atoms with Crippen LogP contribution in [0.5, 0.6) is 5.75 Å². The highest BCUT2D eigenvalue weighted by Crippen LogP contribution is 2.19. The van der Waals surface area contributed by atoms with Crippen LogP contribution in [0.15, 0.2) is 52.9 Å². The predicted molar refractivity (Wildman–Crippen MR) is 84.8 cm³/mol. The summed E-state index contributed by atoms with van der Waals surface area (Å²) in [5, 5.41) is 11.4. The van der Waals surface area contributed by atoms with Gasteiger partial charge >= 0.3 is 0 Å². The molecule has 0 aliphatic rings. The summed E-state index contributed by atoms with van der Waals surface area (Å²) in [5.41, 5.74) is 3.09. The van der Waals surface area contributed by atoms with E-state index in [0.29, 0.717) is 18.3 Å². The van der Waals surface area contributed by atoms with E-state index in [4.69, 9.17) is 9.15 Å². The van der Waals surface area contributed by atoms with Gasteiger partial charge in [0.25, 0.3) is 0 Å². The van der Waals surface area contributed by atoms with Crippen molar-refractivity contribution in [3.8, 4) is 17.2 Å². The Morgan fingerprint density at radius 2 is 1.73 bits per heavy atom. The van der Waals surface area contributed by atoms with Crippen LogP contribution < -0.4 is 10.1 Å². The zero-order valence-electron chi connectivity index (χ0n) is 12.5. The second-order valence-electron chi connectivity index (χ2n) is 4.95. The zero-order valence-corrected chi connectivity index (χ0v) is 12.5. The average Bonchev–Trinajstić information content (AvgIpc) is 3.03. The molecule has 0 spiro atoms. The van der Waals surface area contributed by atoms with Gasteiger partial charge in [-0.15, -0.1) is 10.2 Å². The Bertz CT molecular complexity index is 733. The lowest BCUT2D eigenvalue weighted by atomic mass is 10.1. The molecule has 0 bridgehead atoms. The number of ether oxygens (including phenoxy) is 1. The van der Waals surface area contributed by atoms with Crippen molar-refractivity contribution >= 4 is 5.69 Å². The Morgan fingerprint density at radius 1 is 1.00 bits per heavy atom. The third-order valence-electron chi connectivity index (χ3n) is 3.30. The van der Waals surface area contributed by atoms with E-state index in [2.05, 4.69) is 15.5 Å². The lowest BCUT2D eigenvalue weighted by molar-refractivity contribution is 0.415. The monoisotopic (exact) mass is 295 g/mol. The number of aryl methyl sites for hydroxylation is 1. The molecule has 5 nitrogen and oxygen atoms in total. The Labute approximate surface area is 129 Å². The van der Waals surface area contributed by atoms with E-state index in [1.807, 2.05) is 55.5 Å². The third-order valence-corrected chi connectivity index (χ3v) is 3.30. The van der Waals surface area contributed by atoms with Gasteiger partial charge in [-0.25, -0.2) is 0 Å². The first-order chi connectivity index (χ1) is 10.7. The Morgan fingerprint density at radius 3 is 2.41 bits per heavy atom. The molecule has 22 heavy (non-hydrogen) atoms. The number of rotatable bonds is 5. The molecule has 2 aromatic carbocycles. The first-order valence-electron chi connectivity index (χ1n) is 7.02. The highest BCUT2D eigenvalue weighted by atomic mass is 16.5. The van der Waals surface area contributed by atoms with Crippen LogP contribution >= 0.6 is 0 Å². The zero-order chi connectivity index (χ0) is 15.4. The molecule has 112 valence electrons. The molecule has 0 saturated heterocycles. The van der Waals surface area contributed by atoms with Gasteiger partial charge in [0.05, 0.1) is 13.7 Å². The first kappa shape index (κ1) is 14.1. The van der Waals surface area contributed by atoms with Gasteiger partial charge in [-0.3, -0.25) is 0 Å². The maximum Gasteiger partial charge on any atom is 0.247 e. The lowest BCUT2D eigenvalue weighted by Gasteiger charge is -2.04. The Kier molecular flexibility index (Phi) is 4.05. The van der Waals surface area contributed by atoms with Gasteiger partial charge in [0.15, 0.2) is 0 Å². The minimum Gasteiger partial charge on any atom is -0.497 e. The number of benzene rings is 2. The van der Waals surface area contributed by atoms with E-state index >= 15 is 0 Å². The minimum absolute atomic E-state index is 0.477. The number of nitrogens with one attached hydrogen (secondary N) is 1. The fraction of sp³-hybridized carbons (Fsp3) is 0.176. The van der Waals surface area contributed by atoms with Crippen molar-refractivity contribution < 1.29 is 9.15 Å². The van der Waals surface area contributed by atoms with E-state index in [1.165, 1.54) is 5.56 Å². The van der Waals surface area contributed by atoms with Crippen molar-refractivity contribution in [1.82, 2.24) is 10.2 Å². The number of anilines is 1. The summed E-state index contributed by atoms with van der Waals surface area (Å²) in [7, 11) is 1.65. The molecule has 0 fully saturated rings. The molecule has 1 aromatic heterocycles. The third kappa shape index (κ3) is 3.25. The molecule has 0 saturated carbocycles. The molecule has 1 heterocycles. The fourth-order valence-electron chi connectivity index (χ4n) is 2.02. The highest BCUT2D eigenvalue weighted by Gasteiger charge is 2.08. The van der Waals surface area contributed by atoms with Crippen LogP contribution in [0.3, 0.4) is 0 Å². The van der Waals surface area contributed by atoms with Crippen LogP contribution in [0.4, 0.5) is 5.69 Å². The summed E-state index contributed by atoms with van der Waals surface area (Å²) in [4.78, 5) is 0. The van der Waals surface area contributed by atoms with E-state index < -0.39 is 0 Å². The maximum atomic E-state index is 5.67. The summed E-state index contributed by atoms with van der Waals surface area (Å²) in [6, 6.07) is 15.7. The second kappa shape index (κ2) is 6.30. The van der Waals surface area contributed by atoms with Crippen molar-refractivity contribution in [2.75, 3.05) is 12.4 Å². The topological polar surface area (TPSA) is 60.2 Å². The van der Waals surface area contributed by atoms with Crippen LogP contribution in [-0.2, 0) is 6.54 Å². The summed E-state index contributed by atoms with van der Waals surface area (Å²) in [6.07, 6.45) is 0. The summed E-state index contributed by atoms with van der Waals surface area (Å²) < 4.78 is 10.8. The second-order valence-corrected chi connectivity index (χ2v) is 4.95. The molecule has 0 aliphatic carbocycles. The molecule has 3 aromatic rings. The number of hydrogen-bond acceptors (Lipinski definition) is 5. The number of methoxy groups -OCH3 is 1. The van der Waals surface area contributed by atoms with Crippen LogP contribution in [0, 0.1) is 6.92 Å². The lowest BCUT2D eigenvalue weighted by Crippen LogP contribution is -1.99. The average molecular weight is 295 g/mol. The number of hydrogen-bond donors (Lipinski definition) is 1. The van der Waals surface area contributed by atoms with Crippen molar-refractivity contribution in [2.24, 2.45) is 0 Å². The van der Waals surface area contributed by atoms with Gasteiger partial charge in [0.2, 0.25) is 11.8 Å². The molecule has 0 amide bonds. The molecule has 0 unspecified atom stereocenters. The number of nitrogens with zero attached hydrogens (tertiary/aromatic N) is 2. The van der Waals surface area contributed by atoms with Gasteiger partial charge in [-0.2, -0.15) is 0 Å². The largest absolute Gasteiger partial charge is 0.497 e. The SMILES string of the molecule is COc1ccc(NCc2nnc(-c3ccc(C)cc3)o2)cc1. The van der Waals surface area contributed by atoms with E-state index in [0.717, 1.165) is 17.0 Å². The van der Waals surface area contributed by atoms with Crippen LogP contribution in [0.25, 0.3) is 11.5 Å². The molecular formula is C17H17N3O2. The van der Waals surface area contributed by atoms with Crippen molar-refractivity contribution in [3.63, 3.8) is 0 Å². The summed E-state index contributed by atoms with van der Waals surface area (Å²) in [6.45, 7) is 2.52. The van der Waals surface area contributed by atoms with E-state index in [9.17, 15) is 0 Å². The number of aromatic nitrogens is 2. The molecule has 5 heteroatoms. The van der Waals surface area contributed by atoms with Gasteiger partial charge in [-0.1, -0.05) is 17.7 Å². The molecular weight excluding hydrogens is 278 g/mol. The molecule has 0 atom stereocenters. The van der Waals surface area contributed by atoms with Crippen LogP contribution in [0.2, 0.25) is 0 Å². The Hall–Kier alpha value is -2.82. The van der Waals surface area contributed by atoms with Crippen LogP contribution in [0.1, 0.15) is 11.5 Å². The molecule has 1 N–H and O–H groups in total. The predicted octanol–water partition coefficient (Wildman–Crippen LogP) is 3.67. The van der Waals surface area contributed by atoms with Crippen molar-refractivity contribution in [3.05, 3.63) is 60.0 Å². The molecule has 0 aliphatic heterocycles. The fourth-order valence-corrected chi connectivity index (χ4v) is 2.02. The van der Waals surface area contributed by atoms with Gasteiger partial charge < -0.3 is 14.5 Å². The smallest absolute Gasteiger partial charge is 0.247 e. The van der Waals surface area contributed by atoms with Crippen molar-refractivity contribution in [2.45, 2.75) is 13.5 Å². The quantitative estimate of drug-likeness (QED) is 0.778. The summed E-state index contributed by atoms with van der Waals surface area (Å²) >= 11 is 0. The minimum atomic E-state index is 0.477.